The zero-order valence-corrected chi connectivity index (χ0v) is 13.8. The summed E-state index contributed by atoms with van der Waals surface area (Å²) < 4.78 is 42.2. The highest BCUT2D eigenvalue weighted by molar-refractivity contribution is 6.01. The predicted octanol–water partition coefficient (Wildman–Crippen LogP) is 2.23. The van der Waals surface area contributed by atoms with Crippen LogP contribution in [0.3, 0.4) is 0 Å². The van der Waals surface area contributed by atoms with Gasteiger partial charge in [0.25, 0.3) is 0 Å². The Bertz CT molecular complexity index is 867. The predicted molar refractivity (Wildman–Crippen MR) is 88.3 cm³/mol. The molecule has 27 heavy (non-hydrogen) atoms. The van der Waals surface area contributed by atoms with Gasteiger partial charge in [0.05, 0.1) is 7.11 Å². The van der Waals surface area contributed by atoms with Crippen LogP contribution in [0.1, 0.15) is 5.56 Å². The van der Waals surface area contributed by atoms with Crippen molar-refractivity contribution in [3.63, 3.8) is 0 Å². The summed E-state index contributed by atoms with van der Waals surface area (Å²) in [6.45, 7) is -0.472. The maximum absolute atomic E-state index is 10.7. The van der Waals surface area contributed by atoms with Crippen LogP contribution in [0, 0.1) is 5.41 Å². The van der Waals surface area contributed by atoms with E-state index in [2.05, 4.69) is 0 Å². The molecular weight excluding hydrogens is 373 g/mol. The molecule has 146 valence electrons. The summed E-state index contributed by atoms with van der Waals surface area (Å²) in [7, 11) is 1.48. The molecule has 0 fully saturated rings. The van der Waals surface area contributed by atoms with Crippen molar-refractivity contribution < 1.29 is 42.4 Å². The van der Waals surface area contributed by atoms with Crippen LogP contribution in [-0.2, 0) is 9.59 Å². The Morgan fingerprint density at radius 3 is 2.19 bits per heavy atom. The molecule has 0 radical (unpaired) electrons. The lowest BCUT2D eigenvalue weighted by molar-refractivity contribution is -0.192. The molecule has 0 aliphatic heterocycles. The van der Waals surface area contributed by atoms with E-state index in [1.165, 1.54) is 7.11 Å². The maximum Gasteiger partial charge on any atom is 0.490 e. The molecule has 0 aliphatic carbocycles. The molecule has 0 atom stereocenters. The van der Waals surface area contributed by atoms with Gasteiger partial charge in [0.2, 0.25) is 0 Å². The van der Waals surface area contributed by atoms with Gasteiger partial charge in [0.15, 0.2) is 18.1 Å². The van der Waals surface area contributed by atoms with E-state index in [4.69, 9.17) is 35.6 Å². The molecule has 11 heteroatoms. The second-order valence-corrected chi connectivity index (χ2v) is 4.93. The van der Waals surface area contributed by atoms with E-state index in [1.807, 2.05) is 6.07 Å². The first-order valence-electron chi connectivity index (χ1n) is 7.07. The van der Waals surface area contributed by atoms with E-state index in [0.29, 0.717) is 22.4 Å². The maximum atomic E-state index is 10.7. The van der Waals surface area contributed by atoms with Gasteiger partial charge in [0.1, 0.15) is 5.84 Å². The van der Waals surface area contributed by atoms with Crippen molar-refractivity contribution in [1.82, 2.24) is 0 Å². The van der Waals surface area contributed by atoms with Crippen LogP contribution in [-0.4, -0.2) is 47.9 Å². The molecular formula is C16H15F3N2O6. The molecule has 0 aromatic heterocycles. The number of halogens is 3. The van der Waals surface area contributed by atoms with Gasteiger partial charge >= 0.3 is 18.1 Å². The first-order chi connectivity index (χ1) is 12.5. The smallest absolute Gasteiger partial charge is 0.490 e. The zero-order chi connectivity index (χ0) is 20.8. The monoisotopic (exact) mass is 388 g/mol. The van der Waals surface area contributed by atoms with E-state index in [0.717, 1.165) is 5.39 Å². The van der Waals surface area contributed by atoms with Crippen LogP contribution < -0.4 is 15.2 Å². The Hall–Kier alpha value is -3.50. The first-order valence-corrected chi connectivity index (χ1v) is 7.07. The van der Waals surface area contributed by atoms with Crippen molar-refractivity contribution in [2.24, 2.45) is 5.73 Å². The lowest BCUT2D eigenvalue weighted by Gasteiger charge is -2.13. The number of nitrogens with one attached hydrogen (secondary N) is 1. The van der Waals surface area contributed by atoms with Gasteiger partial charge in [-0.05, 0) is 17.5 Å². The van der Waals surface area contributed by atoms with Gasteiger partial charge < -0.3 is 25.4 Å². The van der Waals surface area contributed by atoms with Crippen molar-refractivity contribution in [2.45, 2.75) is 6.18 Å². The molecule has 0 amide bonds. The zero-order valence-electron chi connectivity index (χ0n) is 13.8. The average Bonchev–Trinajstić information content (AvgIpc) is 2.58. The quantitative estimate of drug-likeness (QED) is 0.454. The number of carbonyl (C=O) groups is 2. The van der Waals surface area contributed by atoms with E-state index in [-0.39, 0.29) is 5.84 Å². The minimum Gasteiger partial charge on any atom is -0.493 e. The lowest BCUT2D eigenvalue weighted by atomic mass is 10.0. The number of methoxy groups -OCH3 is 1. The first kappa shape index (κ1) is 21.5. The number of rotatable bonds is 5. The van der Waals surface area contributed by atoms with Gasteiger partial charge in [-0.2, -0.15) is 13.2 Å². The molecule has 2 rings (SSSR count). The number of hydrogen-bond donors (Lipinski definition) is 4. The number of fused-ring (bicyclic) bond motifs is 1. The third-order valence-electron chi connectivity index (χ3n) is 3.05. The number of nitrogens with two attached hydrogens (primary N) is 1. The van der Waals surface area contributed by atoms with E-state index >= 15 is 0 Å². The Morgan fingerprint density at radius 1 is 1.19 bits per heavy atom. The molecule has 0 unspecified atom stereocenters. The number of amidine groups is 1. The average molecular weight is 388 g/mol. The van der Waals surface area contributed by atoms with Crippen molar-refractivity contribution >= 4 is 28.5 Å². The van der Waals surface area contributed by atoms with Crippen LogP contribution in [0.25, 0.3) is 10.8 Å². The fourth-order valence-corrected chi connectivity index (χ4v) is 1.88. The molecule has 0 heterocycles. The summed E-state index contributed by atoms with van der Waals surface area (Å²) in [5.41, 5.74) is 6.00. The lowest BCUT2D eigenvalue weighted by Crippen LogP contribution is -2.21. The minimum absolute atomic E-state index is 0.0705. The van der Waals surface area contributed by atoms with Crippen molar-refractivity contribution in [2.75, 3.05) is 13.7 Å². The summed E-state index contributed by atoms with van der Waals surface area (Å²) in [6.07, 6.45) is -5.08. The Balaban J connectivity index is 0.000000445. The topological polar surface area (TPSA) is 143 Å². The van der Waals surface area contributed by atoms with Crippen LogP contribution >= 0.6 is 0 Å². The summed E-state index contributed by atoms with van der Waals surface area (Å²) in [6, 6.07) is 8.72. The number of aliphatic carboxylic acids is 2. The summed E-state index contributed by atoms with van der Waals surface area (Å²) in [4.78, 5) is 19.6. The highest BCUT2D eigenvalue weighted by Gasteiger charge is 2.38. The SMILES string of the molecule is COc1ccc2ccc(C(=N)N)cc2c1OCC(=O)O.O=C(O)C(F)(F)F. The largest absolute Gasteiger partial charge is 0.493 e. The second-order valence-electron chi connectivity index (χ2n) is 4.93. The standard InChI is InChI=1S/C14H14N2O4.C2HF3O2/c1-19-11-5-4-8-2-3-9(14(15)16)6-10(8)13(11)20-7-12(17)18;3-2(4,5)1(6)7/h2-6H,7H2,1H3,(H3,15,16)(H,17,18);(H,6,7). The molecule has 5 N–H and O–H groups in total. The number of benzene rings is 2. The Kier molecular flexibility index (Phi) is 6.97. The highest BCUT2D eigenvalue weighted by Crippen LogP contribution is 2.36. The van der Waals surface area contributed by atoms with Gasteiger partial charge in [0, 0.05) is 10.9 Å². The van der Waals surface area contributed by atoms with Gasteiger partial charge in [-0.3, -0.25) is 5.41 Å². The van der Waals surface area contributed by atoms with Crippen LogP contribution in [0.15, 0.2) is 30.3 Å². The number of carboxylic acid groups (broad SMARTS) is 2. The molecule has 0 saturated carbocycles. The molecule has 0 bridgehead atoms. The van der Waals surface area contributed by atoms with Crippen molar-refractivity contribution in [3.8, 4) is 11.5 Å². The van der Waals surface area contributed by atoms with E-state index in [9.17, 15) is 18.0 Å². The normalized spacial score (nSPS) is 10.5. The molecule has 0 saturated heterocycles. The Morgan fingerprint density at radius 2 is 1.74 bits per heavy atom. The highest BCUT2D eigenvalue weighted by atomic mass is 19.4. The molecule has 2 aromatic rings. The molecule has 2 aromatic carbocycles. The number of alkyl halides is 3. The third-order valence-corrected chi connectivity index (χ3v) is 3.05. The fourth-order valence-electron chi connectivity index (χ4n) is 1.88. The van der Waals surface area contributed by atoms with E-state index in [1.54, 1.807) is 24.3 Å². The van der Waals surface area contributed by atoms with Crippen LogP contribution in [0.2, 0.25) is 0 Å². The summed E-state index contributed by atoms with van der Waals surface area (Å²) in [5.74, 6) is -3.15. The number of hydrogen-bond acceptors (Lipinski definition) is 5. The van der Waals surface area contributed by atoms with Gasteiger partial charge in [-0.1, -0.05) is 18.2 Å². The van der Waals surface area contributed by atoms with Crippen LogP contribution in [0.4, 0.5) is 13.2 Å². The number of nitrogen functional groups attached to an aromatic ring is 1. The number of ether oxygens (including phenoxy) is 2. The van der Waals surface area contributed by atoms with Crippen molar-refractivity contribution in [1.29, 1.82) is 5.41 Å². The Labute approximate surface area is 150 Å². The van der Waals surface area contributed by atoms with Crippen LogP contribution in [0.5, 0.6) is 11.5 Å². The fraction of sp³-hybridized carbons (Fsp3) is 0.188. The van der Waals surface area contributed by atoms with E-state index < -0.39 is 24.7 Å². The summed E-state index contributed by atoms with van der Waals surface area (Å²) in [5, 5.41) is 24.8. The summed E-state index contributed by atoms with van der Waals surface area (Å²) >= 11 is 0. The van der Waals surface area contributed by atoms with Gasteiger partial charge in [-0.25, -0.2) is 9.59 Å². The minimum atomic E-state index is -5.08. The number of carboxylic acids is 2. The molecule has 0 spiro atoms. The second kappa shape index (κ2) is 8.74. The molecule has 8 nitrogen and oxygen atoms in total. The van der Waals surface area contributed by atoms with Crippen molar-refractivity contribution in [3.05, 3.63) is 35.9 Å². The van der Waals surface area contributed by atoms with Gasteiger partial charge in [-0.15, -0.1) is 0 Å². The molecule has 0 aliphatic rings. The third kappa shape index (κ3) is 6.06.